The minimum Gasteiger partial charge on any atom is -0.492 e. The van der Waals surface area contributed by atoms with Crippen LogP contribution < -0.4 is 14.5 Å². The van der Waals surface area contributed by atoms with Gasteiger partial charge in [0.1, 0.15) is 11.3 Å². The largest absolute Gasteiger partial charge is 0.492 e. The molecule has 0 radical (unpaired) electrons. The molecule has 0 unspecified atom stereocenters. The van der Waals surface area contributed by atoms with Crippen LogP contribution in [0.2, 0.25) is 0 Å². The van der Waals surface area contributed by atoms with Gasteiger partial charge in [-0.05, 0) is 50.1 Å². The molecule has 0 aliphatic carbocycles. The van der Waals surface area contributed by atoms with E-state index >= 15 is 0 Å². The number of aryl methyl sites for hydroxylation is 2. The van der Waals surface area contributed by atoms with Crippen molar-refractivity contribution in [3.05, 3.63) is 41.5 Å². The summed E-state index contributed by atoms with van der Waals surface area (Å²) in [4.78, 5) is 14.7. The molecule has 0 saturated carbocycles. The maximum absolute atomic E-state index is 5.75. The van der Waals surface area contributed by atoms with Gasteiger partial charge >= 0.3 is 0 Å². The van der Waals surface area contributed by atoms with Crippen LogP contribution in [0, 0.1) is 13.8 Å². The number of aromatic nitrogens is 2. The summed E-state index contributed by atoms with van der Waals surface area (Å²) in [7, 11) is 0. The summed E-state index contributed by atoms with van der Waals surface area (Å²) >= 11 is 3.55. The first-order chi connectivity index (χ1) is 14.1. The van der Waals surface area contributed by atoms with E-state index in [-0.39, 0.29) is 0 Å². The van der Waals surface area contributed by atoms with Gasteiger partial charge in [-0.2, -0.15) is 0 Å². The molecule has 1 fully saturated rings. The van der Waals surface area contributed by atoms with E-state index < -0.39 is 0 Å². The quantitative estimate of drug-likeness (QED) is 0.448. The molecule has 29 heavy (non-hydrogen) atoms. The highest BCUT2D eigenvalue weighted by atomic mass is 32.1. The zero-order valence-electron chi connectivity index (χ0n) is 16.9. The standard InChI is InChI=1S/C22H24N4OS2/c1-4-27-16-6-5-7-17-20(16)24-22(28-17)26-12-10-25(11-13-26)21-23-19-15(3)14(2)8-9-18(19)29-21/h5-9H,4,10-13H2,1-3H3. The van der Waals surface area contributed by atoms with Crippen molar-refractivity contribution in [3.8, 4) is 5.75 Å². The number of piperazine rings is 1. The number of fused-ring (bicyclic) bond motifs is 2. The van der Waals surface area contributed by atoms with Gasteiger partial charge in [0.15, 0.2) is 10.3 Å². The van der Waals surface area contributed by atoms with Crippen LogP contribution in [-0.4, -0.2) is 42.8 Å². The SMILES string of the molecule is CCOc1cccc2sc(N3CCN(c4nc5c(C)c(C)ccc5s4)CC3)nc12. The van der Waals surface area contributed by atoms with Gasteiger partial charge in [0.05, 0.1) is 21.5 Å². The Balaban J connectivity index is 1.35. The predicted octanol–water partition coefficient (Wildman–Crippen LogP) is 5.25. The van der Waals surface area contributed by atoms with Gasteiger partial charge in [-0.25, -0.2) is 9.97 Å². The summed E-state index contributed by atoms with van der Waals surface area (Å²) in [6, 6.07) is 10.6. The minimum absolute atomic E-state index is 0.659. The van der Waals surface area contributed by atoms with Crippen LogP contribution in [0.3, 0.4) is 0 Å². The van der Waals surface area contributed by atoms with Crippen LogP contribution >= 0.6 is 22.7 Å². The van der Waals surface area contributed by atoms with Crippen molar-refractivity contribution < 1.29 is 4.74 Å². The summed E-state index contributed by atoms with van der Waals surface area (Å²) in [5.74, 6) is 0.881. The zero-order chi connectivity index (χ0) is 20.0. The number of thiazole rings is 2. The first-order valence-electron chi connectivity index (χ1n) is 10.0. The second-order valence-corrected chi connectivity index (χ2v) is 9.38. The number of hydrogen-bond acceptors (Lipinski definition) is 7. The van der Waals surface area contributed by atoms with E-state index in [4.69, 9.17) is 14.7 Å². The fourth-order valence-electron chi connectivity index (χ4n) is 3.76. The molecule has 0 N–H and O–H groups in total. The molecule has 0 atom stereocenters. The lowest BCUT2D eigenvalue weighted by Gasteiger charge is -2.34. The number of nitrogens with zero attached hydrogens (tertiary/aromatic N) is 4. The van der Waals surface area contributed by atoms with E-state index in [0.29, 0.717) is 6.61 Å². The molecule has 2 aromatic heterocycles. The lowest BCUT2D eigenvalue weighted by Crippen LogP contribution is -2.46. The monoisotopic (exact) mass is 424 g/mol. The fraction of sp³-hybridized carbons (Fsp3) is 0.364. The Kier molecular flexibility index (Phi) is 4.80. The lowest BCUT2D eigenvalue weighted by atomic mass is 10.1. The van der Waals surface area contributed by atoms with Crippen LogP contribution in [0.15, 0.2) is 30.3 Å². The van der Waals surface area contributed by atoms with Gasteiger partial charge in [0, 0.05) is 26.2 Å². The molecular formula is C22H24N4OS2. The Labute approximate surface area is 178 Å². The number of benzene rings is 2. The number of ether oxygens (including phenoxy) is 1. The van der Waals surface area contributed by atoms with E-state index in [2.05, 4.69) is 41.8 Å². The van der Waals surface area contributed by atoms with Crippen LogP contribution in [0.1, 0.15) is 18.1 Å². The molecular weight excluding hydrogens is 400 g/mol. The topological polar surface area (TPSA) is 41.5 Å². The summed E-state index contributed by atoms with van der Waals surface area (Å²) in [6.45, 7) is 10.8. The average Bonchev–Trinajstić information content (AvgIpc) is 3.37. The maximum Gasteiger partial charge on any atom is 0.186 e. The second-order valence-electron chi connectivity index (χ2n) is 7.36. The molecule has 150 valence electrons. The van der Waals surface area contributed by atoms with Gasteiger partial charge in [0.25, 0.3) is 0 Å². The lowest BCUT2D eigenvalue weighted by molar-refractivity contribution is 0.344. The number of hydrogen-bond donors (Lipinski definition) is 0. The predicted molar refractivity (Wildman–Crippen MR) is 124 cm³/mol. The molecule has 0 spiro atoms. The van der Waals surface area contributed by atoms with Crippen LogP contribution in [0.5, 0.6) is 5.75 Å². The van der Waals surface area contributed by atoms with E-state index in [0.717, 1.165) is 53.2 Å². The maximum atomic E-state index is 5.75. The van der Waals surface area contributed by atoms with Crippen molar-refractivity contribution in [1.29, 1.82) is 0 Å². The normalized spacial score (nSPS) is 14.9. The minimum atomic E-state index is 0.659. The van der Waals surface area contributed by atoms with E-state index in [1.165, 1.54) is 20.5 Å². The average molecular weight is 425 g/mol. The summed E-state index contributed by atoms with van der Waals surface area (Å²) < 4.78 is 8.22. The van der Waals surface area contributed by atoms with Crippen LogP contribution in [-0.2, 0) is 0 Å². The van der Waals surface area contributed by atoms with Gasteiger partial charge in [-0.1, -0.05) is 34.8 Å². The van der Waals surface area contributed by atoms with Gasteiger partial charge in [-0.15, -0.1) is 0 Å². The van der Waals surface area contributed by atoms with E-state index in [9.17, 15) is 0 Å². The highest BCUT2D eigenvalue weighted by molar-refractivity contribution is 7.22. The van der Waals surface area contributed by atoms with Gasteiger partial charge in [0.2, 0.25) is 0 Å². The number of rotatable bonds is 4. The smallest absolute Gasteiger partial charge is 0.186 e. The first-order valence-corrected chi connectivity index (χ1v) is 11.7. The summed E-state index contributed by atoms with van der Waals surface area (Å²) in [6.07, 6.45) is 0. The molecule has 0 amide bonds. The highest BCUT2D eigenvalue weighted by Crippen LogP contribution is 2.36. The third-order valence-electron chi connectivity index (χ3n) is 5.56. The summed E-state index contributed by atoms with van der Waals surface area (Å²) in [5, 5.41) is 2.22. The molecule has 5 rings (SSSR count). The third-order valence-corrected chi connectivity index (χ3v) is 7.73. The number of anilines is 2. The molecule has 1 saturated heterocycles. The van der Waals surface area contributed by atoms with Crippen LogP contribution in [0.25, 0.3) is 20.4 Å². The molecule has 7 heteroatoms. The van der Waals surface area contributed by atoms with Gasteiger partial charge in [-0.3, -0.25) is 0 Å². The van der Waals surface area contributed by atoms with E-state index in [1.54, 1.807) is 22.7 Å². The Morgan fingerprint density at radius 2 is 1.48 bits per heavy atom. The molecule has 0 bridgehead atoms. The van der Waals surface area contributed by atoms with Crippen molar-refractivity contribution in [2.45, 2.75) is 20.8 Å². The van der Waals surface area contributed by atoms with Crippen molar-refractivity contribution in [3.63, 3.8) is 0 Å². The van der Waals surface area contributed by atoms with Crippen LogP contribution in [0.4, 0.5) is 10.3 Å². The number of para-hydroxylation sites is 1. The van der Waals surface area contributed by atoms with E-state index in [1.807, 2.05) is 19.1 Å². The Bertz CT molecular complexity index is 1170. The Morgan fingerprint density at radius 3 is 2.14 bits per heavy atom. The second kappa shape index (κ2) is 7.46. The Morgan fingerprint density at radius 1 is 0.862 bits per heavy atom. The first kappa shape index (κ1) is 18.6. The zero-order valence-corrected chi connectivity index (χ0v) is 18.6. The van der Waals surface area contributed by atoms with Crippen molar-refractivity contribution in [1.82, 2.24) is 9.97 Å². The highest BCUT2D eigenvalue weighted by Gasteiger charge is 2.23. The Hall–Kier alpha value is -2.38. The molecule has 1 aliphatic rings. The molecule has 1 aliphatic heterocycles. The fourth-order valence-corrected chi connectivity index (χ4v) is 5.87. The van der Waals surface area contributed by atoms with Gasteiger partial charge < -0.3 is 14.5 Å². The third kappa shape index (κ3) is 3.32. The molecule has 2 aromatic carbocycles. The molecule has 4 aromatic rings. The molecule has 3 heterocycles. The van der Waals surface area contributed by atoms with Crippen molar-refractivity contribution in [2.24, 2.45) is 0 Å². The summed E-state index contributed by atoms with van der Waals surface area (Å²) in [5.41, 5.74) is 4.74. The van der Waals surface area contributed by atoms with Crippen molar-refractivity contribution >= 4 is 53.4 Å². The molecule has 5 nitrogen and oxygen atoms in total. The van der Waals surface area contributed by atoms with Crippen molar-refractivity contribution in [2.75, 3.05) is 42.6 Å².